The molecule has 2 amide bonds. The molecule has 1 saturated carbocycles. The quantitative estimate of drug-likeness (QED) is 0.537. The Kier molecular flexibility index (Phi) is 5.98. The summed E-state index contributed by atoms with van der Waals surface area (Å²) in [5.41, 5.74) is 0.685. The van der Waals surface area contributed by atoms with Gasteiger partial charge >= 0.3 is 5.97 Å². The van der Waals surface area contributed by atoms with Crippen LogP contribution in [-0.4, -0.2) is 43.4 Å². The molecule has 2 fully saturated rings. The van der Waals surface area contributed by atoms with Crippen LogP contribution in [0, 0.1) is 11.8 Å². The van der Waals surface area contributed by atoms with Crippen LogP contribution in [0.25, 0.3) is 0 Å². The van der Waals surface area contributed by atoms with Crippen molar-refractivity contribution < 1.29 is 28.6 Å². The molecule has 0 radical (unpaired) electrons. The number of benzene rings is 1. The number of rotatable bonds is 7. The van der Waals surface area contributed by atoms with E-state index in [1.54, 1.807) is 25.3 Å². The van der Waals surface area contributed by atoms with Crippen LogP contribution in [0.5, 0.6) is 11.5 Å². The maximum absolute atomic E-state index is 12.4. The smallest absolute Gasteiger partial charge is 0.307 e. The lowest BCUT2D eigenvalue weighted by molar-refractivity contribution is -0.146. The minimum Gasteiger partial charge on any atom is -0.497 e. The summed E-state index contributed by atoms with van der Waals surface area (Å²) < 4.78 is 15.7. The Hall–Kier alpha value is -2.57. The monoisotopic (exact) mass is 375 g/mol. The summed E-state index contributed by atoms with van der Waals surface area (Å²) in [5.74, 6) is 0.121. The van der Waals surface area contributed by atoms with E-state index in [0.717, 1.165) is 25.7 Å². The van der Waals surface area contributed by atoms with E-state index in [-0.39, 0.29) is 43.2 Å². The van der Waals surface area contributed by atoms with Crippen LogP contribution in [0.3, 0.4) is 0 Å². The highest BCUT2D eigenvalue weighted by atomic mass is 16.5. The van der Waals surface area contributed by atoms with E-state index in [1.165, 1.54) is 12.0 Å². The molecule has 0 N–H and O–H groups in total. The first kappa shape index (κ1) is 19.2. The standard InChI is InChI=1S/C20H25NO6/c1-25-14-7-8-17(26-2)13(11-14)12-27-18(22)9-10-21-19(23)15-5-3-4-6-16(15)20(21)24/h7-8,11,15-16H,3-6,9-10,12H2,1-2H3/t15-,16+. The van der Waals surface area contributed by atoms with Gasteiger partial charge in [-0.3, -0.25) is 19.3 Å². The molecule has 3 rings (SSSR count). The predicted octanol–water partition coefficient (Wildman–Crippen LogP) is 2.31. The highest BCUT2D eigenvalue weighted by molar-refractivity contribution is 6.05. The molecular weight excluding hydrogens is 350 g/mol. The fraction of sp³-hybridized carbons (Fsp3) is 0.550. The Balaban J connectivity index is 1.53. The minimum atomic E-state index is -0.463. The number of carbonyl (C=O) groups excluding carboxylic acids is 3. The van der Waals surface area contributed by atoms with Crippen LogP contribution in [0.15, 0.2) is 18.2 Å². The van der Waals surface area contributed by atoms with Crippen molar-refractivity contribution in [3.8, 4) is 11.5 Å². The van der Waals surface area contributed by atoms with Gasteiger partial charge in [-0.25, -0.2) is 0 Å². The van der Waals surface area contributed by atoms with Crippen LogP contribution in [0.1, 0.15) is 37.7 Å². The summed E-state index contributed by atoms with van der Waals surface area (Å²) in [6.45, 7) is 0.116. The van der Waals surface area contributed by atoms with Crippen LogP contribution in [0.4, 0.5) is 0 Å². The van der Waals surface area contributed by atoms with E-state index in [0.29, 0.717) is 17.1 Å². The number of fused-ring (bicyclic) bond motifs is 1. The average Bonchev–Trinajstić information content (AvgIpc) is 2.95. The fourth-order valence-corrected chi connectivity index (χ4v) is 3.88. The number of esters is 1. The van der Waals surface area contributed by atoms with Crippen LogP contribution >= 0.6 is 0 Å². The van der Waals surface area contributed by atoms with E-state index in [2.05, 4.69) is 0 Å². The lowest BCUT2D eigenvalue weighted by Gasteiger charge is -2.19. The Morgan fingerprint density at radius 3 is 2.33 bits per heavy atom. The van der Waals surface area contributed by atoms with Gasteiger partial charge in [-0.05, 0) is 31.0 Å². The van der Waals surface area contributed by atoms with Crippen LogP contribution in [0.2, 0.25) is 0 Å². The van der Waals surface area contributed by atoms with Crippen molar-refractivity contribution in [3.63, 3.8) is 0 Å². The van der Waals surface area contributed by atoms with Gasteiger partial charge in [0.2, 0.25) is 11.8 Å². The maximum Gasteiger partial charge on any atom is 0.307 e. The molecule has 1 aromatic carbocycles. The van der Waals surface area contributed by atoms with Gasteiger partial charge in [0.1, 0.15) is 18.1 Å². The van der Waals surface area contributed by atoms with E-state index in [4.69, 9.17) is 14.2 Å². The molecule has 1 aromatic rings. The van der Waals surface area contributed by atoms with E-state index in [1.807, 2.05) is 0 Å². The van der Waals surface area contributed by atoms with E-state index in [9.17, 15) is 14.4 Å². The minimum absolute atomic E-state index is 0.0107. The molecule has 1 heterocycles. The topological polar surface area (TPSA) is 82.1 Å². The van der Waals surface area contributed by atoms with Crippen LogP contribution < -0.4 is 9.47 Å². The van der Waals surface area contributed by atoms with Crippen molar-refractivity contribution in [1.29, 1.82) is 0 Å². The highest BCUT2D eigenvalue weighted by Gasteiger charge is 2.47. The van der Waals surface area contributed by atoms with E-state index >= 15 is 0 Å². The van der Waals surface area contributed by atoms with Crippen molar-refractivity contribution in [2.45, 2.75) is 38.7 Å². The maximum atomic E-state index is 12.4. The van der Waals surface area contributed by atoms with Gasteiger partial charge in [-0.15, -0.1) is 0 Å². The van der Waals surface area contributed by atoms with Crippen LogP contribution in [-0.2, 0) is 25.7 Å². The van der Waals surface area contributed by atoms with Crippen molar-refractivity contribution in [3.05, 3.63) is 23.8 Å². The molecule has 2 atom stereocenters. The molecule has 7 nitrogen and oxygen atoms in total. The van der Waals surface area contributed by atoms with Gasteiger partial charge in [0.25, 0.3) is 0 Å². The molecule has 1 saturated heterocycles. The highest BCUT2D eigenvalue weighted by Crippen LogP contribution is 2.38. The molecular formula is C20H25NO6. The fourth-order valence-electron chi connectivity index (χ4n) is 3.88. The number of imide groups is 1. The molecule has 1 aliphatic carbocycles. The van der Waals surface area contributed by atoms with Gasteiger partial charge in [-0.2, -0.15) is 0 Å². The largest absolute Gasteiger partial charge is 0.497 e. The lowest BCUT2D eigenvalue weighted by Crippen LogP contribution is -2.33. The van der Waals surface area contributed by atoms with Gasteiger partial charge in [0.05, 0.1) is 32.5 Å². The third-order valence-corrected chi connectivity index (χ3v) is 5.35. The Bertz CT molecular complexity index is 707. The number of hydrogen-bond donors (Lipinski definition) is 0. The third-order valence-electron chi connectivity index (χ3n) is 5.35. The number of carbonyl (C=O) groups is 3. The Labute approximate surface area is 158 Å². The van der Waals surface area contributed by atoms with Crippen molar-refractivity contribution in [2.24, 2.45) is 11.8 Å². The second-order valence-corrected chi connectivity index (χ2v) is 6.91. The SMILES string of the molecule is COc1ccc(OC)c(COC(=O)CCN2C(=O)[C@H]3CCCC[C@H]3C2=O)c1. The molecule has 146 valence electrons. The van der Waals surface area contributed by atoms with Crippen molar-refractivity contribution >= 4 is 17.8 Å². The number of likely N-dealkylation sites (tertiary alicyclic amines) is 1. The molecule has 27 heavy (non-hydrogen) atoms. The molecule has 2 aliphatic rings. The molecule has 1 aliphatic heterocycles. The normalized spacial score (nSPS) is 21.8. The zero-order chi connectivity index (χ0) is 19.4. The zero-order valence-electron chi connectivity index (χ0n) is 15.7. The number of methoxy groups -OCH3 is 2. The second kappa shape index (κ2) is 8.41. The second-order valence-electron chi connectivity index (χ2n) is 6.91. The summed E-state index contributed by atoms with van der Waals surface area (Å²) in [4.78, 5) is 38.2. The van der Waals surface area contributed by atoms with Gasteiger partial charge in [0, 0.05) is 12.1 Å². The number of amides is 2. The molecule has 0 spiro atoms. The van der Waals surface area contributed by atoms with Crippen molar-refractivity contribution in [2.75, 3.05) is 20.8 Å². The lowest BCUT2D eigenvalue weighted by atomic mass is 9.81. The van der Waals surface area contributed by atoms with Crippen molar-refractivity contribution in [1.82, 2.24) is 4.90 Å². The number of nitrogens with zero attached hydrogens (tertiary/aromatic N) is 1. The third kappa shape index (κ3) is 4.07. The summed E-state index contributed by atoms with van der Waals surface area (Å²) in [6.07, 6.45) is 3.50. The predicted molar refractivity (Wildman–Crippen MR) is 96.1 cm³/mol. The Morgan fingerprint density at radius 1 is 1.07 bits per heavy atom. The Morgan fingerprint density at radius 2 is 1.74 bits per heavy atom. The summed E-state index contributed by atoms with van der Waals surface area (Å²) in [6, 6.07) is 5.24. The molecule has 0 bridgehead atoms. The first-order valence-electron chi connectivity index (χ1n) is 9.27. The summed E-state index contributed by atoms with van der Waals surface area (Å²) in [7, 11) is 3.09. The van der Waals surface area contributed by atoms with Gasteiger partial charge < -0.3 is 14.2 Å². The molecule has 7 heteroatoms. The first-order chi connectivity index (χ1) is 13.0. The van der Waals surface area contributed by atoms with Gasteiger partial charge in [-0.1, -0.05) is 12.8 Å². The van der Waals surface area contributed by atoms with Gasteiger partial charge in [0.15, 0.2) is 0 Å². The summed E-state index contributed by atoms with van der Waals surface area (Å²) in [5, 5.41) is 0. The number of hydrogen-bond acceptors (Lipinski definition) is 6. The number of ether oxygens (including phenoxy) is 3. The molecule has 0 aromatic heterocycles. The zero-order valence-corrected chi connectivity index (χ0v) is 15.7. The summed E-state index contributed by atoms with van der Waals surface area (Å²) >= 11 is 0. The average molecular weight is 375 g/mol. The first-order valence-corrected chi connectivity index (χ1v) is 9.27. The van der Waals surface area contributed by atoms with E-state index < -0.39 is 5.97 Å². The molecule has 0 unspecified atom stereocenters.